The number of carboxylic acid groups (broad SMARTS) is 1. The number of aryl methyl sites for hydroxylation is 1. The largest absolute Gasteiger partial charge is 0.477 e. The molecule has 1 spiro atoms. The van der Waals surface area contributed by atoms with Crippen molar-refractivity contribution in [1.29, 1.82) is 5.26 Å². The van der Waals surface area contributed by atoms with Gasteiger partial charge in [0, 0.05) is 52.9 Å². The van der Waals surface area contributed by atoms with E-state index < -0.39 is 17.5 Å². The quantitative estimate of drug-likeness (QED) is 0.118. The van der Waals surface area contributed by atoms with E-state index in [0.717, 1.165) is 41.0 Å². The number of unbranched alkanes of at least 4 members (excludes halogenated alkanes) is 1. The topological polar surface area (TPSA) is 112 Å². The number of fused-ring (bicyclic) bond motifs is 6. The summed E-state index contributed by atoms with van der Waals surface area (Å²) in [5, 5.41) is 22.1. The van der Waals surface area contributed by atoms with E-state index in [1.807, 2.05) is 90.7 Å². The highest BCUT2D eigenvalue weighted by atomic mass is 16.6. The second-order valence-electron chi connectivity index (χ2n) is 10.9. The van der Waals surface area contributed by atoms with Gasteiger partial charge in [-0.25, -0.2) is 9.59 Å². The second kappa shape index (κ2) is 11.6. The minimum atomic E-state index is -1.26. The average molecular weight is 586 g/mol. The Bertz CT molecular complexity index is 1840. The maximum Gasteiger partial charge on any atom is 0.346 e. The van der Waals surface area contributed by atoms with Crippen molar-refractivity contribution >= 4 is 29.0 Å². The van der Waals surface area contributed by atoms with E-state index in [9.17, 15) is 20.0 Å². The van der Waals surface area contributed by atoms with Gasteiger partial charge in [-0.3, -0.25) is 0 Å². The Hall–Kier alpha value is -5.55. The van der Waals surface area contributed by atoms with Crippen LogP contribution in [-0.4, -0.2) is 30.1 Å². The number of carbonyl (C=O) groups is 2. The van der Waals surface area contributed by atoms with Gasteiger partial charge < -0.3 is 24.8 Å². The van der Waals surface area contributed by atoms with Gasteiger partial charge >= 0.3 is 11.9 Å². The number of nitrogens with zero attached hydrogens (tertiary/aromatic N) is 2. The van der Waals surface area contributed by atoms with E-state index in [1.165, 1.54) is 6.08 Å². The van der Waals surface area contributed by atoms with Crippen LogP contribution in [0.25, 0.3) is 0 Å². The van der Waals surface area contributed by atoms with Crippen LogP contribution in [0.1, 0.15) is 52.4 Å². The van der Waals surface area contributed by atoms with Gasteiger partial charge in [0.05, 0.1) is 5.56 Å². The summed E-state index contributed by atoms with van der Waals surface area (Å²) < 4.78 is 12.9. The Morgan fingerprint density at radius 1 is 1.00 bits per heavy atom. The van der Waals surface area contributed by atoms with E-state index in [4.69, 9.17) is 9.47 Å². The maximum atomic E-state index is 13.4. The molecule has 8 heteroatoms. The van der Waals surface area contributed by atoms with Gasteiger partial charge in [-0.05, 0) is 67.4 Å². The normalized spacial score (nSPS) is 16.2. The highest BCUT2D eigenvalue weighted by molar-refractivity contribution is 5.97. The zero-order valence-electron chi connectivity index (χ0n) is 24.5. The third-order valence-electron chi connectivity index (χ3n) is 8.11. The number of hydrogen-bond acceptors (Lipinski definition) is 7. The van der Waals surface area contributed by atoms with E-state index in [2.05, 4.69) is 12.2 Å². The number of esters is 1. The van der Waals surface area contributed by atoms with Crippen LogP contribution in [0.4, 0.5) is 17.1 Å². The van der Waals surface area contributed by atoms with E-state index in [1.54, 1.807) is 12.1 Å². The summed E-state index contributed by atoms with van der Waals surface area (Å²) in [7, 11) is 0. The van der Waals surface area contributed by atoms with Crippen molar-refractivity contribution in [2.75, 3.05) is 23.3 Å². The molecule has 0 aliphatic carbocycles. The molecule has 0 bridgehead atoms. The summed E-state index contributed by atoms with van der Waals surface area (Å²) in [5.41, 5.74) is 4.65. The summed E-state index contributed by atoms with van der Waals surface area (Å²) in [5.74, 6) is -0.553. The highest BCUT2D eigenvalue weighted by Gasteiger charge is 2.53. The SMILES string of the molecule is CCCCN(C/C=C(\C#N)C(=O)O)c1ccc2c(c1)Oc1cc(C)c(Nc3ccccc3)cc1C21OC(=O)c2ccccc21. The smallest absolute Gasteiger partial charge is 0.346 e. The number of benzene rings is 4. The first-order chi connectivity index (χ1) is 21.3. The highest BCUT2D eigenvalue weighted by Crippen LogP contribution is 2.57. The van der Waals surface area contributed by atoms with Gasteiger partial charge in [0.25, 0.3) is 0 Å². The number of aliphatic carboxylic acids is 1. The molecule has 44 heavy (non-hydrogen) atoms. The number of nitrogens with one attached hydrogen (secondary N) is 1. The molecule has 2 heterocycles. The predicted molar refractivity (Wildman–Crippen MR) is 168 cm³/mol. The molecule has 2 aliphatic rings. The molecule has 0 saturated heterocycles. The van der Waals surface area contributed by atoms with Gasteiger partial charge in [-0.1, -0.05) is 49.7 Å². The number of carboxylic acids is 1. The van der Waals surface area contributed by atoms with Crippen LogP contribution >= 0.6 is 0 Å². The lowest BCUT2D eigenvalue weighted by Crippen LogP contribution is -2.33. The first-order valence-electron chi connectivity index (χ1n) is 14.6. The first-order valence-corrected chi connectivity index (χ1v) is 14.6. The number of hydrogen-bond donors (Lipinski definition) is 2. The molecule has 2 aliphatic heterocycles. The standard InChI is InChI=1S/C36H31N3O5/c1-3-4-17-39(18-16-24(22-37)34(40)41)26-14-15-29-33(20-26)43-32-19-23(2)31(38-25-10-6-5-7-11-25)21-30(32)36(29)28-13-9-8-12-27(28)35(42)44-36/h5-16,19-21,38H,3-4,17-18H2,1-2H3,(H,40,41)/b24-16+. The van der Waals surface area contributed by atoms with Crippen molar-refractivity contribution in [3.05, 3.63) is 124 Å². The maximum absolute atomic E-state index is 13.4. The van der Waals surface area contributed by atoms with Gasteiger partial charge in [-0.15, -0.1) is 0 Å². The van der Waals surface area contributed by atoms with E-state index >= 15 is 0 Å². The third-order valence-corrected chi connectivity index (χ3v) is 8.11. The summed E-state index contributed by atoms with van der Waals surface area (Å²) >= 11 is 0. The van der Waals surface area contributed by atoms with Crippen LogP contribution in [0.5, 0.6) is 11.5 Å². The molecular weight excluding hydrogens is 554 g/mol. The van der Waals surface area contributed by atoms with Crippen LogP contribution < -0.4 is 15.0 Å². The van der Waals surface area contributed by atoms with Crippen molar-refractivity contribution in [2.45, 2.75) is 32.3 Å². The third kappa shape index (κ3) is 4.92. The van der Waals surface area contributed by atoms with Crippen LogP contribution in [0.2, 0.25) is 0 Å². The van der Waals surface area contributed by atoms with Crippen molar-refractivity contribution in [3.8, 4) is 17.6 Å². The van der Waals surface area contributed by atoms with Crippen molar-refractivity contribution in [1.82, 2.24) is 0 Å². The molecule has 1 unspecified atom stereocenters. The summed E-state index contributed by atoms with van der Waals surface area (Å²) in [6.07, 6.45) is 3.23. The van der Waals surface area contributed by atoms with E-state index in [-0.39, 0.29) is 12.1 Å². The Kier molecular flexibility index (Phi) is 7.54. The van der Waals surface area contributed by atoms with Crippen molar-refractivity contribution < 1.29 is 24.2 Å². The minimum absolute atomic E-state index is 0.237. The first kappa shape index (κ1) is 28.6. The second-order valence-corrected chi connectivity index (χ2v) is 10.9. The van der Waals surface area contributed by atoms with Gasteiger partial charge in [0.1, 0.15) is 23.1 Å². The molecule has 6 rings (SSSR count). The van der Waals surface area contributed by atoms with E-state index in [0.29, 0.717) is 34.7 Å². The zero-order valence-corrected chi connectivity index (χ0v) is 24.5. The molecule has 4 aromatic carbocycles. The fraction of sp³-hybridized carbons (Fsp3) is 0.194. The minimum Gasteiger partial charge on any atom is -0.477 e. The fourth-order valence-corrected chi connectivity index (χ4v) is 5.87. The zero-order chi connectivity index (χ0) is 30.8. The van der Waals surface area contributed by atoms with Crippen LogP contribution in [-0.2, 0) is 15.1 Å². The lowest BCUT2D eigenvalue weighted by atomic mass is 9.77. The van der Waals surface area contributed by atoms with Crippen LogP contribution in [0.15, 0.2) is 96.6 Å². The monoisotopic (exact) mass is 585 g/mol. The Balaban J connectivity index is 1.49. The molecule has 0 saturated carbocycles. The van der Waals surface area contributed by atoms with Gasteiger partial charge in [0.15, 0.2) is 5.60 Å². The van der Waals surface area contributed by atoms with Crippen LogP contribution in [0.3, 0.4) is 0 Å². The Morgan fingerprint density at radius 3 is 2.50 bits per heavy atom. The Morgan fingerprint density at radius 2 is 1.75 bits per heavy atom. The lowest BCUT2D eigenvalue weighted by molar-refractivity contribution is -0.132. The van der Waals surface area contributed by atoms with Gasteiger partial charge in [-0.2, -0.15) is 5.26 Å². The molecular formula is C36H31N3O5. The number of anilines is 3. The summed E-state index contributed by atoms with van der Waals surface area (Å²) in [6.45, 7) is 4.96. The number of para-hydroxylation sites is 1. The molecule has 0 aromatic heterocycles. The predicted octanol–water partition coefficient (Wildman–Crippen LogP) is 7.45. The molecule has 8 nitrogen and oxygen atoms in total. The molecule has 0 amide bonds. The molecule has 4 aromatic rings. The number of carbonyl (C=O) groups excluding carboxylic acids is 1. The number of rotatable bonds is 9. The number of nitriles is 1. The molecule has 1 atom stereocenters. The fourth-order valence-electron chi connectivity index (χ4n) is 5.87. The van der Waals surface area contributed by atoms with Crippen molar-refractivity contribution in [2.24, 2.45) is 0 Å². The summed E-state index contributed by atoms with van der Waals surface area (Å²) in [6, 6.07) is 28.7. The van der Waals surface area contributed by atoms with Crippen LogP contribution in [0, 0.1) is 18.3 Å². The average Bonchev–Trinajstić information content (AvgIpc) is 3.32. The molecule has 0 fully saturated rings. The molecule has 0 radical (unpaired) electrons. The van der Waals surface area contributed by atoms with Gasteiger partial charge in [0.2, 0.25) is 0 Å². The number of ether oxygens (including phenoxy) is 2. The molecule has 220 valence electrons. The molecule has 2 N–H and O–H groups in total. The van der Waals surface area contributed by atoms with Crippen molar-refractivity contribution in [3.63, 3.8) is 0 Å². The summed E-state index contributed by atoms with van der Waals surface area (Å²) in [4.78, 5) is 26.8. The Labute approximate surface area is 255 Å². The lowest BCUT2D eigenvalue weighted by Gasteiger charge is -2.38.